The van der Waals surface area contributed by atoms with Gasteiger partial charge >= 0.3 is 0 Å². The lowest BCUT2D eigenvalue weighted by atomic mass is 10.00. The lowest BCUT2D eigenvalue weighted by molar-refractivity contribution is 0.672. The van der Waals surface area contributed by atoms with Gasteiger partial charge in [0.25, 0.3) is 0 Å². The van der Waals surface area contributed by atoms with Crippen molar-refractivity contribution in [1.29, 1.82) is 0 Å². The molecule has 8 aromatic rings. The average molecular weight is 512 g/mol. The van der Waals surface area contributed by atoms with Gasteiger partial charge in [-0.3, -0.25) is 0 Å². The predicted molar refractivity (Wildman–Crippen MR) is 169 cm³/mol. The molecule has 0 aliphatic rings. The van der Waals surface area contributed by atoms with Gasteiger partial charge in [-0.1, -0.05) is 115 Å². The second kappa shape index (κ2) is 9.14. The normalized spacial score (nSPS) is 11.5. The van der Waals surface area contributed by atoms with Crippen LogP contribution < -0.4 is 4.90 Å². The molecule has 0 fully saturated rings. The van der Waals surface area contributed by atoms with Crippen LogP contribution in [-0.2, 0) is 0 Å². The zero-order valence-electron chi connectivity index (χ0n) is 21.8. The quantitative estimate of drug-likeness (QED) is 0.234. The van der Waals surface area contributed by atoms with E-state index in [2.05, 4.69) is 157 Å². The number of para-hydroxylation sites is 1. The molecule has 0 N–H and O–H groups in total. The second-order valence-corrected chi connectivity index (χ2v) is 10.2. The fourth-order valence-corrected chi connectivity index (χ4v) is 5.98. The third-order valence-electron chi connectivity index (χ3n) is 7.83. The van der Waals surface area contributed by atoms with E-state index in [0.29, 0.717) is 0 Å². The Morgan fingerprint density at radius 1 is 0.450 bits per heavy atom. The highest BCUT2D eigenvalue weighted by Crippen LogP contribution is 2.47. The molecule has 0 saturated carbocycles. The zero-order valence-corrected chi connectivity index (χ0v) is 21.8. The smallest absolute Gasteiger partial charge is 0.143 e. The predicted octanol–water partition coefficient (Wildman–Crippen LogP) is 11.0. The maximum Gasteiger partial charge on any atom is 0.143 e. The van der Waals surface area contributed by atoms with Gasteiger partial charge < -0.3 is 9.32 Å². The molecule has 0 spiro atoms. The Kier molecular flexibility index (Phi) is 5.17. The van der Waals surface area contributed by atoms with E-state index in [1.54, 1.807) is 0 Å². The van der Waals surface area contributed by atoms with Crippen molar-refractivity contribution in [3.63, 3.8) is 0 Å². The molecule has 0 unspecified atom stereocenters. The number of hydrogen-bond acceptors (Lipinski definition) is 2. The summed E-state index contributed by atoms with van der Waals surface area (Å²) in [4.78, 5) is 2.39. The summed E-state index contributed by atoms with van der Waals surface area (Å²) in [7, 11) is 0. The van der Waals surface area contributed by atoms with Gasteiger partial charge in [0.2, 0.25) is 0 Å². The van der Waals surface area contributed by atoms with Gasteiger partial charge in [-0.15, -0.1) is 0 Å². The first-order valence-corrected chi connectivity index (χ1v) is 13.6. The van der Waals surface area contributed by atoms with E-state index >= 15 is 0 Å². The number of nitrogens with zero attached hydrogens (tertiary/aromatic N) is 1. The molecule has 2 nitrogen and oxygen atoms in total. The highest BCUT2D eigenvalue weighted by atomic mass is 16.3. The van der Waals surface area contributed by atoms with E-state index < -0.39 is 0 Å². The molecule has 8 rings (SSSR count). The summed E-state index contributed by atoms with van der Waals surface area (Å²) in [5.41, 5.74) is 7.47. The third kappa shape index (κ3) is 3.58. The van der Waals surface area contributed by atoms with Crippen LogP contribution >= 0.6 is 0 Å². The molecule has 0 atom stereocenters. The number of hydrogen-bond donors (Lipinski definition) is 0. The molecule has 1 aromatic heterocycles. The minimum atomic E-state index is 0.881. The molecule has 0 amide bonds. The number of rotatable bonds is 4. The largest absolute Gasteiger partial charge is 0.455 e. The van der Waals surface area contributed by atoms with Gasteiger partial charge in [0.05, 0.1) is 16.8 Å². The lowest BCUT2D eigenvalue weighted by Crippen LogP contribution is -2.11. The molecule has 7 aromatic carbocycles. The molecule has 188 valence electrons. The number of anilines is 3. The molecule has 0 aliphatic heterocycles. The monoisotopic (exact) mass is 511 g/mol. The van der Waals surface area contributed by atoms with Crippen molar-refractivity contribution in [2.75, 3.05) is 4.90 Å². The van der Waals surface area contributed by atoms with Crippen molar-refractivity contribution in [3.05, 3.63) is 152 Å². The summed E-state index contributed by atoms with van der Waals surface area (Å²) in [5.74, 6) is 0. The Labute approximate surface area is 232 Å². The van der Waals surface area contributed by atoms with Crippen molar-refractivity contribution in [3.8, 4) is 11.1 Å². The summed E-state index contributed by atoms with van der Waals surface area (Å²) < 4.78 is 6.59. The van der Waals surface area contributed by atoms with Gasteiger partial charge in [0.15, 0.2) is 0 Å². The van der Waals surface area contributed by atoms with Crippen molar-refractivity contribution in [2.24, 2.45) is 0 Å². The highest BCUT2D eigenvalue weighted by molar-refractivity contribution is 6.19. The van der Waals surface area contributed by atoms with Crippen LogP contribution in [-0.4, -0.2) is 0 Å². The first-order valence-electron chi connectivity index (χ1n) is 13.6. The van der Waals surface area contributed by atoms with Crippen LogP contribution in [0.5, 0.6) is 0 Å². The van der Waals surface area contributed by atoms with Gasteiger partial charge in [0, 0.05) is 22.0 Å². The Morgan fingerprint density at radius 3 is 2.05 bits per heavy atom. The lowest BCUT2D eigenvalue weighted by Gasteiger charge is -2.28. The van der Waals surface area contributed by atoms with E-state index in [-0.39, 0.29) is 0 Å². The summed E-state index contributed by atoms with van der Waals surface area (Å²) in [6.07, 6.45) is 0. The van der Waals surface area contributed by atoms with Crippen LogP contribution in [0.2, 0.25) is 0 Å². The average Bonchev–Trinajstić information content (AvgIpc) is 3.42. The van der Waals surface area contributed by atoms with Crippen LogP contribution in [0.4, 0.5) is 17.1 Å². The molecule has 2 heteroatoms. The number of furan rings is 1. The maximum atomic E-state index is 6.59. The standard InChI is InChI=1S/C38H25NO/c1-2-12-27(13-3-1)31-16-8-9-18-34(31)39(30-23-21-26-11-4-5-15-29(26)25-30)35-19-10-20-36-37(35)33-24-22-28-14-6-7-17-32(28)38(33)40-36/h1-25H. The molecular formula is C38H25NO. The fourth-order valence-electron chi connectivity index (χ4n) is 5.98. The van der Waals surface area contributed by atoms with Crippen LogP contribution in [0.3, 0.4) is 0 Å². The zero-order chi connectivity index (χ0) is 26.5. The van der Waals surface area contributed by atoms with E-state index in [9.17, 15) is 0 Å². The van der Waals surface area contributed by atoms with Crippen molar-refractivity contribution < 1.29 is 4.42 Å². The van der Waals surface area contributed by atoms with E-state index in [1.807, 2.05) is 0 Å². The molecular weight excluding hydrogens is 486 g/mol. The fraction of sp³-hybridized carbons (Fsp3) is 0. The Balaban J connectivity index is 1.47. The molecule has 1 heterocycles. The molecule has 0 saturated heterocycles. The molecule has 0 radical (unpaired) electrons. The summed E-state index contributed by atoms with van der Waals surface area (Å²) in [6, 6.07) is 53.8. The second-order valence-electron chi connectivity index (χ2n) is 10.2. The minimum Gasteiger partial charge on any atom is -0.455 e. The van der Waals surface area contributed by atoms with Crippen molar-refractivity contribution >= 4 is 60.5 Å². The van der Waals surface area contributed by atoms with Crippen LogP contribution in [0.1, 0.15) is 0 Å². The Bertz CT molecular complexity index is 2170. The summed E-state index contributed by atoms with van der Waals surface area (Å²) in [6.45, 7) is 0. The maximum absolute atomic E-state index is 6.59. The summed E-state index contributed by atoms with van der Waals surface area (Å²) >= 11 is 0. The van der Waals surface area contributed by atoms with Gasteiger partial charge in [-0.2, -0.15) is 0 Å². The summed E-state index contributed by atoms with van der Waals surface area (Å²) in [5, 5.41) is 6.96. The first-order chi connectivity index (χ1) is 19.8. The topological polar surface area (TPSA) is 16.4 Å². The van der Waals surface area contributed by atoms with Gasteiger partial charge in [0.1, 0.15) is 11.2 Å². The van der Waals surface area contributed by atoms with Crippen LogP contribution in [0, 0.1) is 0 Å². The number of benzene rings is 7. The third-order valence-corrected chi connectivity index (χ3v) is 7.83. The Hall–Kier alpha value is -5.34. The molecule has 40 heavy (non-hydrogen) atoms. The van der Waals surface area contributed by atoms with E-state index in [0.717, 1.165) is 44.4 Å². The first kappa shape index (κ1) is 22.6. The van der Waals surface area contributed by atoms with Gasteiger partial charge in [-0.25, -0.2) is 0 Å². The molecule has 0 aliphatic carbocycles. The van der Waals surface area contributed by atoms with Crippen LogP contribution in [0.25, 0.3) is 54.6 Å². The Morgan fingerprint density at radius 2 is 1.15 bits per heavy atom. The van der Waals surface area contributed by atoms with E-state index in [1.165, 1.54) is 27.3 Å². The SMILES string of the molecule is c1ccc(-c2ccccc2N(c2ccc3ccccc3c2)c2cccc3oc4c5ccccc5ccc4c23)cc1. The molecule has 0 bridgehead atoms. The number of fused-ring (bicyclic) bond motifs is 6. The van der Waals surface area contributed by atoms with E-state index in [4.69, 9.17) is 4.42 Å². The van der Waals surface area contributed by atoms with Gasteiger partial charge in [-0.05, 0) is 58.1 Å². The minimum absolute atomic E-state index is 0.881. The van der Waals surface area contributed by atoms with Crippen LogP contribution in [0.15, 0.2) is 156 Å². The van der Waals surface area contributed by atoms with Crippen molar-refractivity contribution in [2.45, 2.75) is 0 Å². The van der Waals surface area contributed by atoms with Crippen molar-refractivity contribution in [1.82, 2.24) is 0 Å². The highest BCUT2D eigenvalue weighted by Gasteiger charge is 2.22.